The number of nitrogens with one attached hydrogen (secondary N) is 2. The second-order valence-corrected chi connectivity index (χ2v) is 7.46. The lowest BCUT2D eigenvalue weighted by atomic mass is 10.1. The number of thioether (sulfide) groups is 1. The van der Waals surface area contributed by atoms with Crippen molar-refractivity contribution >= 4 is 29.5 Å². The SMILES string of the molecule is O=C(Cc1ccccc1)NCCNC(=O)C1CSCN1C(=O)c1ccccc1. The summed E-state index contributed by atoms with van der Waals surface area (Å²) >= 11 is 1.56. The minimum atomic E-state index is -0.488. The van der Waals surface area contributed by atoms with Gasteiger partial charge in [-0.2, -0.15) is 0 Å². The van der Waals surface area contributed by atoms with Crippen LogP contribution < -0.4 is 10.6 Å². The van der Waals surface area contributed by atoms with Gasteiger partial charge < -0.3 is 15.5 Å². The zero-order chi connectivity index (χ0) is 19.8. The molecule has 0 aliphatic carbocycles. The van der Waals surface area contributed by atoms with Gasteiger partial charge in [-0.3, -0.25) is 14.4 Å². The molecule has 1 aliphatic rings. The molecule has 146 valence electrons. The monoisotopic (exact) mass is 397 g/mol. The molecular formula is C21H23N3O3S. The van der Waals surface area contributed by atoms with Crippen LogP contribution in [-0.2, 0) is 16.0 Å². The highest BCUT2D eigenvalue weighted by atomic mass is 32.2. The lowest BCUT2D eigenvalue weighted by Crippen LogP contribution is -2.48. The van der Waals surface area contributed by atoms with Gasteiger partial charge in [0.2, 0.25) is 11.8 Å². The number of benzene rings is 2. The Hall–Kier alpha value is -2.80. The Bertz CT molecular complexity index is 814. The number of nitrogens with zero attached hydrogens (tertiary/aromatic N) is 1. The van der Waals surface area contributed by atoms with Gasteiger partial charge in [0.15, 0.2) is 0 Å². The zero-order valence-electron chi connectivity index (χ0n) is 15.5. The maximum atomic E-state index is 12.6. The third-order valence-corrected chi connectivity index (χ3v) is 5.43. The first-order valence-electron chi connectivity index (χ1n) is 9.17. The Morgan fingerprint density at radius 1 is 0.929 bits per heavy atom. The highest BCUT2D eigenvalue weighted by Gasteiger charge is 2.34. The van der Waals surface area contributed by atoms with E-state index in [9.17, 15) is 14.4 Å². The summed E-state index contributed by atoms with van der Waals surface area (Å²) in [4.78, 5) is 38.7. The molecule has 0 radical (unpaired) electrons. The normalized spacial score (nSPS) is 15.9. The van der Waals surface area contributed by atoms with E-state index in [1.165, 1.54) is 0 Å². The Kier molecular flexibility index (Phi) is 7.08. The summed E-state index contributed by atoms with van der Waals surface area (Å²) in [6.45, 7) is 0.678. The van der Waals surface area contributed by atoms with Crippen LogP contribution in [0.2, 0.25) is 0 Å². The topological polar surface area (TPSA) is 78.5 Å². The summed E-state index contributed by atoms with van der Waals surface area (Å²) in [5, 5.41) is 5.62. The molecule has 1 heterocycles. The second kappa shape index (κ2) is 9.94. The van der Waals surface area contributed by atoms with Gasteiger partial charge in [0.05, 0.1) is 12.3 Å². The fourth-order valence-corrected chi connectivity index (χ4v) is 4.11. The summed E-state index contributed by atoms with van der Waals surface area (Å²) in [6, 6.07) is 18.0. The Morgan fingerprint density at radius 2 is 1.57 bits per heavy atom. The first kappa shape index (κ1) is 19.9. The molecule has 1 fully saturated rings. The Labute approximate surface area is 168 Å². The van der Waals surface area contributed by atoms with Gasteiger partial charge in [0.1, 0.15) is 6.04 Å². The summed E-state index contributed by atoms with van der Waals surface area (Å²) in [5.41, 5.74) is 1.53. The molecule has 1 saturated heterocycles. The van der Waals surface area contributed by atoms with Crippen LogP contribution >= 0.6 is 11.8 Å². The lowest BCUT2D eigenvalue weighted by molar-refractivity contribution is -0.125. The maximum Gasteiger partial charge on any atom is 0.255 e. The van der Waals surface area contributed by atoms with Crippen LogP contribution in [-0.4, -0.2) is 53.4 Å². The van der Waals surface area contributed by atoms with Crippen molar-refractivity contribution in [2.45, 2.75) is 12.5 Å². The maximum absolute atomic E-state index is 12.6. The largest absolute Gasteiger partial charge is 0.354 e. The van der Waals surface area contributed by atoms with Crippen LogP contribution in [0.5, 0.6) is 0 Å². The van der Waals surface area contributed by atoms with Crippen molar-refractivity contribution in [2.75, 3.05) is 24.7 Å². The molecule has 0 aromatic heterocycles. The van der Waals surface area contributed by atoms with Crippen molar-refractivity contribution in [1.82, 2.24) is 15.5 Å². The number of amides is 3. The van der Waals surface area contributed by atoms with Crippen LogP contribution in [0.15, 0.2) is 60.7 Å². The highest BCUT2D eigenvalue weighted by molar-refractivity contribution is 7.99. The van der Waals surface area contributed by atoms with Crippen LogP contribution in [0.4, 0.5) is 0 Å². The molecule has 0 bridgehead atoms. The van der Waals surface area contributed by atoms with Crippen molar-refractivity contribution in [3.63, 3.8) is 0 Å². The van der Waals surface area contributed by atoms with E-state index in [2.05, 4.69) is 10.6 Å². The van der Waals surface area contributed by atoms with Crippen molar-refractivity contribution < 1.29 is 14.4 Å². The molecule has 2 aromatic carbocycles. The van der Waals surface area contributed by atoms with Gasteiger partial charge in [-0.05, 0) is 17.7 Å². The van der Waals surface area contributed by atoms with E-state index in [0.29, 0.717) is 36.7 Å². The Morgan fingerprint density at radius 3 is 2.29 bits per heavy atom. The molecule has 3 rings (SSSR count). The van der Waals surface area contributed by atoms with Crippen LogP contribution in [0.25, 0.3) is 0 Å². The molecule has 1 aliphatic heterocycles. The number of hydrogen-bond acceptors (Lipinski definition) is 4. The average molecular weight is 398 g/mol. The molecule has 1 unspecified atom stereocenters. The molecule has 2 aromatic rings. The third kappa shape index (κ3) is 5.36. The fourth-order valence-electron chi connectivity index (χ4n) is 2.96. The third-order valence-electron chi connectivity index (χ3n) is 4.42. The Balaban J connectivity index is 1.43. The number of hydrogen-bond donors (Lipinski definition) is 2. The van der Waals surface area contributed by atoms with Crippen molar-refractivity contribution in [1.29, 1.82) is 0 Å². The molecule has 28 heavy (non-hydrogen) atoms. The molecule has 0 saturated carbocycles. The molecule has 1 atom stereocenters. The van der Waals surface area contributed by atoms with E-state index < -0.39 is 6.04 Å². The van der Waals surface area contributed by atoms with Gasteiger partial charge in [-0.25, -0.2) is 0 Å². The molecule has 2 N–H and O–H groups in total. The van der Waals surface area contributed by atoms with Gasteiger partial charge in [-0.1, -0.05) is 48.5 Å². The van der Waals surface area contributed by atoms with Gasteiger partial charge in [-0.15, -0.1) is 11.8 Å². The van der Waals surface area contributed by atoms with E-state index in [1.807, 2.05) is 48.5 Å². The number of carbonyl (C=O) groups is 3. The van der Waals surface area contributed by atoms with E-state index in [-0.39, 0.29) is 17.7 Å². The number of rotatable bonds is 7. The minimum absolute atomic E-state index is 0.0854. The predicted molar refractivity (Wildman–Crippen MR) is 110 cm³/mol. The summed E-state index contributed by atoms with van der Waals surface area (Å²) in [5.74, 6) is 0.663. The smallest absolute Gasteiger partial charge is 0.255 e. The van der Waals surface area contributed by atoms with E-state index in [4.69, 9.17) is 0 Å². The van der Waals surface area contributed by atoms with E-state index in [0.717, 1.165) is 5.56 Å². The van der Waals surface area contributed by atoms with Crippen molar-refractivity contribution in [3.05, 3.63) is 71.8 Å². The fraction of sp³-hybridized carbons (Fsp3) is 0.286. The average Bonchev–Trinajstić information content (AvgIpc) is 3.22. The summed E-state index contributed by atoms with van der Waals surface area (Å²) in [6.07, 6.45) is 0.313. The van der Waals surface area contributed by atoms with Gasteiger partial charge >= 0.3 is 0 Å². The minimum Gasteiger partial charge on any atom is -0.354 e. The zero-order valence-corrected chi connectivity index (χ0v) is 16.3. The first-order chi connectivity index (χ1) is 13.6. The van der Waals surface area contributed by atoms with Gasteiger partial charge in [0.25, 0.3) is 5.91 Å². The van der Waals surface area contributed by atoms with Crippen LogP contribution in [0.1, 0.15) is 15.9 Å². The number of carbonyl (C=O) groups excluding carboxylic acids is 3. The standard InChI is InChI=1S/C21H23N3O3S/c25-19(13-16-7-3-1-4-8-16)22-11-12-23-20(26)18-14-28-15-24(18)21(27)17-9-5-2-6-10-17/h1-10,18H,11-15H2,(H,22,25)(H,23,26). The predicted octanol–water partition coefficient (Wildman–Crippen LogP) is 1.68. The molecule has 0 spiro atoms. The van der Waals surface area contributed by atoms with E-state index >= 15 is 0 Å². The summed E-state index contributed by atoms with van der Waals surface area (Å²) in [7, 11) is 0. The second-order valence-electron chi connectivity index (χ2n) is 6.46. The summed E-state index contributed by atoms with van der Waals surface area (Å²) < 4.78 is 0. The van der Waals surface area contributed by atoms with Crippen molar-refractivity contribution in [2.24, 2.45) is 0 Å². The van der Waals surface area contributed by atoms with E-state index in [1.54, 1.807) is 28.8 Å². The first-order valence-corrected chi connectivity index (χ1v) is 10.3. The molecule has 6 nitrogen and oxygen atoms in total. The highest BCUT2D eigenvalue weighted by Crippen LogP contribution is 2.23. The lowest BCUT2D eigenvalue weighted by Gasteiger charge is -2.23. The molecule has 3 amide bonds. The van der Waals surface area contributed by atoms with Crippen LogP contribution in [0, 0.1) is 0 Å². The van der Waals surface area contributed by atoms with Gasteiger partial charge in [0, 0.05) is 24.4 Å². The van der Waals surface area contributed by atoms with Crippen LogP contribution in [0.3, 0.4) is 0 Å². The molecular weight excluding hydrogens is 374 g/mol. The quantitative estimate of drug-likeness (QED) is 0.697. The molecule has 7 heteroatoms. The van der Waals surface area contributed by atoms with Crippen molar-refractivity contribution in [3.8, 4) is 0 Å².